The predicted molar refractivity (Wildman–Crippen MR) is 104 cm³/mol. The van der Waals surface area contributed by atoms with Crippen LogP contribution in [-0.4, -0.2) is 37.7 Å². The number of aromatic nitrogens is 5. The van der Waals surface area contributed by atoms with E-state index in [1.807, 2.05) is 13.0 Å². The summed E-state index contributed by atoms with van der Waals surface area (Å²) in [5.41, 5.74) is 6.22. The van der Waals surface area contributed by atoms with E-state index < -0.39 is 0 Å². The molecule has 0 bridgehead atoms. The lowest BCUT2D eigenvalue weighted by atomic mass is 9.98. The van der Waals surface area contributed by atoms with E-state index in [0.717, 1.165) is 29.7 Å². The number of hydrogen-bond acceptors (Lipinski definition) is 5. The second kappa shape index (κ2) is 5.77. The summed E-state index contributed by atoms with van der Waals surface area (Å²) in [5.74, 6) is 0.265. The van der Waals surface area contributed by atoms with Crippen LogP contribution >= 0.6 is 0 Å². The zero-order valence-corrected chi connectivity index (χ0v) is 15.1. The van der Waals surface area contributed by atoms with Crippen molar-refractivity contribution in [3.8, 4) is 17.1 Å². The second-order valence-electron chi connectivity index (χ2n) is 6.77. The Kier molecular flexibility index (Phi) is 3.36. The predicted octanol–water partition coefficient (Wildman–Crippen LogP) is 2.24. The molecule has 1 aliphatic heterocycles. The highest BCUT2D eigenvalue weighted by atomic mass is 16.2. The van der Waals surface area contributed by atoms with Crippen molar-refractivity contribution >= 4 is 11.2 Å². The van der Waals surface area contributed by atoms with Crippen molar-refractivity contribution in [3.63, 3.8) is 0 Å². The Morgan fingerprint density at radius 2 is 1.89 bits per heavy atom. The molecular weight excluding hydrogens is 340 g/mol. The maximum Gasteiger partial charge on any atom is 0.356 e. The van der Waals surface area contributed by atoms with Crippen LogP contribution in [0.4, 0.5) is 5.69 Å². The Balaban J connectivity index is 1.75. The molecule has 0 saturated heterocycles. The van der Waals surface area contributed by atoms with E-state index in [9.17, 15) is 4.79 Å². The molecule has 7 nitrogen and oxygen atoms in total. The Labute approximate surface area is 155 Å². The number of rotatable bonds is 2. The maximum absolute atomic E-state index is 13.1. The molecule has 27 heavy (non-hydrogen) atoms. The molecule has 0 saturated carbocycles. The third-order valence-electron chi connectivity index (χ3n) is 5.25. The average molecular weight is 358 g/mol. The summed E-state index contributed by atoms with van der Waals surface area (Å²) in [6.45, 7) is 2.98. The van der Waals surface area contributed by atoms with Gasteiger partial charge in [-0.2, -0.15) is 5.10 Å². The molecular formula is C20H18N6O. The van der Waals surface area contributed by atoms with Gasteiger partial charge in [0, 0.05) is 42.9 Å². The second-order valence-corrected chi connectivity index (χ2v) is 6.77. The number of likely N-dealkylation sites (N-methyl/N-ethyl adjacent to an activating group) is 1. The largest absolute Gasteiger partial charge is 0.374 e. The van der Waals surface area contributed by atoms with E-state index in [0.29, 0.717) is 0 Å². The summed E-state index contributed by atoms with van der Waals surface area (Å²) < 4.78 is 2.91. The zero-order valence-electron chi connectivity index (χ0n) is 15.1. The van der Waals surface area contributed by atoms with Gasteiger partial charge in [0.1, 0.15) is 0 Å². The van der Waals surface area contributed by atoms with E-state index in [4.69, 9.17) is 0 Å². The SMILES string of the molecule is Cc1c(-c2cccc3c2CCN3C)cc2cnn(-c3ncccn3)c(=O)n12. The van der Waals surface area contributed by atoms with Crippen molar-refractivity contribution in [1.82, 2.24) is 24.1 Å². The van der Waals surface area contributed by atoms with E-state index >= 15 is 0 Å². The van der Waals surface area contributed by atoms with Crippen LogP contribution < -0.4 is 10.6 Å². The van der Waals surface area contributed by atoms with E-state index in [2.05, 4.69) is 45.2 Å². The van der Waals surface area contributed by atoms with Crippen LogP contribution in [0.5, 0.6) is 0 Å². The van der Waals surface area contributed by atoms with E-state index in [1.165, 1.54) is 21.5 Å². The standard InChI is InChI=1S/C20H18N6O/c1-13-17(15-5-3-6-18-16(15)7-10-24(18)2)11-14-12-23-26(20(27)25(13)14)19-21-8-4-9-22-19/h3-6,8-9,11-12H,7,10H2,1-2H3. The van der Waals surface area contributed by atoms with Crippen molar-refractivity contribution in [3.05, 3.63) is 70.7 Å². The number of aryl methyl sites for hydroxylation is 1. The molecule has 1 aliphatic rings. The molecule has 0 unspecified atom stereocenters. The van der Waals surface area contributed by atoms with Crippen LogP contribution in [0, 0.1) is 6.92 Å². The van der Waals surface area contributed by atoms with Crippen molar-refractivity contribution in [1.29, 1.82) is 0 Å². The zero-order chi connectivity index (χ0) is 18.5. The summed E-state index contributed by atoms with van der Waals surface area (Å²) in [4.78, 5) is 23.6. The van der Waals surface area contributed by atoms with Crippen LogP contribution in [-0.2, 0) is 6.42 Å². The monoisotopic (exact) mass is 358 g/mol. The molecule has 134 valence electrons. The van der Waals surface area contributed by atoms with Crippen molar-refractivity contribution in [2.45, 2.75) is 13.3 Å². The number of hydrogen-bond donors (Lipinski definition) is 0. The van der Waals surface area contributed by atoms with Gasteiger partial charge in [-0.25, -0.2) is 14.8 Å². The molecule has 0 amide bonds. The average Bonchev–Trinajstić information content (AvgIpc) is 3.24. The summed E-state index contributed by atoms with van der Waals surface area (Å²) in [6, 6.07) is 10.1. The molecule has 0 spiro atoms. The van der Waals surface area contributed by atoms with Gasteiger partial charge in [-0.1, -0.05) is 12.1 Å². The number of benzene rings is 1. The molecule has 0 fully saturated rings. The quantitative estimate of drug-likeness (QED) is 0.550. The first kappa shape index (κ1) is 15.7. The van der Waals surface area contributed by atoms with Gasteiger partial charge in [0.25, 0.3) is 5.95 Å². The lowest BCUT2D eigenvalue weighted by Gasteiger charge is -2.13. The Morgan fingerprint density at radius 1 is 1.07 bits per heavy atom. The van der Waals surface area contributed by atoms with Crippen LogP contribution in [0.3, 0.4) is 0 Å². The Hall–Kier alpha value is -3.48. The van der Waals surface area contributed by atoms with Crippen LogP contribution in [0.2, 0.25) is 0 Å². The molecule has 0 atom stereocenters. The molecule has 4 heterocycles. The topological polar surface area (TPSA) is 68.3 Å². The van der Waals surface area contributed by atoms with Gasteiger partial charge in [0.15, 0.2) is 0 Å². The first-order chi connectivity index (χ1) is 13.1. The molecule has 0 N–H and O–H groups in total. The number of nitrogens with zero attached hydrogens (tertiary/aromatic N) is 6. The van der Waals surface area contributed by atoms with Gasteiger partial charge in [0.05, 0.1) is 11.7 Å². The minimum atomic E-state index is -0.271. The highest BCUT2D eigenvalue weighted by Crippen LogP contribution is 2.37. The first-order valence-corrected chi connectivity index (χ1v) is 8.86. The van der Waals surface area contributed by atoms with Gasteiger partial charge in [-0.05, 0) is 42.7 Å². The summed E-state index contributed by atoms with van der Waals surface area (Å²) in [7, 11) is 2.11. The molecule has 3 aromatic heterocycles. The lowest BCUT2D eigenvalue weighted by molar-refractivity contribution is 0.704. The molecule has 0 aliphatic carbocycles. The number of anilines is 1. The highest BCUT2D eigenvalue weighted by molar-refractivity contribution is 5.81. The van der Waals surface area contributed by atoms with Gasteiger partial charge in [-0.3, -0.25) is 4.40 Å². The molecule has 7 heteroatoms. The van der Waals surface area contributed by atoms with E-state index in [-0.39, 0.29) is 11.6 Å². The maximum atomic E-state index is 13.1. The van der Waals surface area contributed by atoms with Crippen LogP contribution in [0.1, 0.15) is 11.3 Å². The third kappa shape index (κ3) is 2.28. The molecule has 1 aromatic carbocycles. The van der Waals surface area contributed by atoms with Gasteiger partial charge in [0.2, 0.25) is 0 Å². The summed E-state index contributed by atoms with van der Waals surface area (Å²) >= 11 is 0. The van der Waals surface area contributed by atoms with Crippen LogP contribution in [0.25, 0.3) is 22.6 Å². The number of fused-ring (bicyclic) bond motifs is 2. The third-order valence-corrected chi connectivity index (χ3v) is 5.25. The van der Waals surface area contributed by atoms with Gasteiger partial charge < -0.3 is 4.90 Å². The first-order valence-electron chi connectivity index (χ1n) is 8.86. The fourth-order valence-electron chi connectivity index (χ4n) is 3.90. The molecule has 5 rings (SSSR count). The minimum Gasteiger partial charge on any atom is -0.374 e. The van der Waals surface area contributed by atoms with Crippen molar-refractivity contribution in [2.75, 3.05) is 18.5 Å². The Bertz CT molecular complexity index is 1220. The van der Waals surface area contributed by atoms with E-state index in [1.54, 1.807) is 29.1 Å². The minimum absolute atomic E-state index is 0.265. The fraction of sp³-hybridized carbons (Fsp3) is 0.200. The van der Waals surface area contributed by atoms with Gasteiger partial charge in [-0.15, -0.1) is 4.68 Å². The lowest BCUT2D eigenvalue weighted by Crippen LogP contribution is -2.29. The fourth-order valence-corrected chi connectivity index (χ4v) is 3.90. The summed E-state index contributed by atoms with van der Waals surface area (Å²) in [6.07, 6.45) is 5.88. The summed E-state index contributed by atoms with van der Waals surface area (Å²) in [5, 5.41) is 4.26. The highest BCUT2D eigenvalue weighted by Gasteiger charge is 2.22. The smallest absolute Gasteiger partial charge is 0.356 e. The molecule has 0 radical (unpaired) electrons. The van der Waals surface area contributed by atoms with Crippen molar-refractivity contribution in [2.24, 2.45) is 0 Å². The van der Waals surface area contributed by atoms with Gasteiger partial charge >= 0.3 is 5.69 Å². The molecule has 4 aromatic rings. The Morgan fingerprint density at radius 3 is 2.70 bits per heavy atom. The van der Waals surface area contributed by atoms with Crippen molar-refractivity contribution < 1.29 is 0 Å². The van der Waals surface area contributed by atoms with Crippen LogP contribution in [0.15, 0.2) is 53.7 Å². The normalized spacial score (nSPS) is 13.3.